The van der Waals surface area contributed by atoms with E-state index < -0.39 is 7.12 Å². The summed E-state index contributed by atoms with van der Waals surface area (Å²) in [7, 11) is -1.63. The van der Waals surface area contributed by atoms with Crippen LogP contribution in [-0.4, -0.2) is 22.2 Å². The molecule has 1 aromatic rings. The van der Waals surface area contributed by atoms with E-state index in [4.69, 9.17) is 15.3 Å². The van der Waals surface area contributed by atoms with E-state index in [0.717, 1.165) is 0 Å². The van der Waals surface area contributed by atoms with Crippen molar-refractivity contribution in [1.82, 2.24) is 4.98 Å². The van der Waals surface area contributed by atoms with Crippen LogP contribution in [-0.2, 0) is 0 Å². The van der Waals surface area contributed by atoms with Crippen molar-refractivity contribution in [2.24, 2.45) is 0 Å². The Balaban J connectivity index is 3.15. The van der Waals surface area contributed by atoms with E-state index in [1.165, 1.54) is 18.5 Å². The van der Waals surface area contributed by atoms with Crippen molar-refractivity contribution in [3.8, 4) is 6.07 Å². The van der Waals surface area contributed by atoms with Gasteiger partial charge in [0.25, 0.3) is 0 Å². The Morgan fingerprint density at radius 3 is 2.73 bits per heavy atom. The summed E-state index contributed by atoms with van der Waals surface area (Å²) in [6.07, 6.45) is 2.67. The molecule has 0 aliphatic heterocycles. The SMILES string of the molecule is N#Cc1ccncc1B(O)O. The molecule has 0 bridgehead atoms. The molecule has 0 aliphatic rings. The second-order valence-corrected chi connectivity index (χ2v) is 1.95. The first-order chi connectivity index (χ1) is 5.25. The van der Waals surface area contributed by atoms with Crippen LogP contribution < -0.4 is 5.46 Å². The van der Waals surface area contributed by atoms with Crippen molar-refractivity contribution in [3.05, 3.63) is 24.0 Å². The molecule has 0 unspecified atom stereocenters. The van der Waals surface area contributed by atoms with Crippen molar-refractivity contribution in [1.29, 1.82) is 5.26 Å². The van der Waals surface area contributed by atoms with Crippen LogP contribution in [0.1, 0.15) is 5.56 Å². The topological polar surface area (TPSA) is 77.1 Å². The number of nitriles is 1. The van der Waals surface area contributed by atoms with Crippen LogP contribution in [0.2, 0.25) is 0 Å². The van der Waals surface area contributed by atoms with E-state index in [1.807, 2.05) is 6.07 Å². The molecule has 0 aromatic carbocycles. The second kappa shape index (κ2) is 3.15. The lowest BCUT2D eigenvalue weighted by Gasteiger charge is -1.98. The molecule has 11 heavy (non-hydrogen) atoms. The third kappa shape index (κ3) is 1.55. The largest absolute Gasteiger partial charge is 0.491 e. The molecule has 0 spiro atoms. The van der Waals surface area contributed by atoms with Gasteiger partial charge in [0.05, 0.1) is 11.6 Å². The lowest BCUT2D eigenvalue weighted by atomic mass is 9.79. The van der Waals surface area contributed by atoms with Crippen molar-refractivity contribution in [2.75, 3.05) is 0 Å². The van der Waals surface area contributed by atoms with Gasteiger partial charge in [0, 0.05) is 17.9 Å². The molecule has 1 heterocycles. The van der Waals surface area contributed by atoms with Gasteiger partial charge in [0.2, 0.25) is 0 Å². The molecule has 0 aliphatic carbocycles. The zero-order valence-electron chi connectivity index (χ0n) is 5.60. The first-order valence-electron chi connectivity index (χ1n) is 2.96. The zero-order chi connectivity index (χ0) is 8.27. The minimum atomic E-state index is -1.63. The Bertz CT molecular complexity index is 295. The van der Waals surface area contributed by atoms with Crippen molar-refractivity contribution in [3.63, 3.8) is 0 Å². The quantitative estimate of drug-likeness (QED) is 0.481. The minimum Gasteiger partial charge on any atom is -0.423 e. The van der Waals surface area contributed by atoms with Gasteiger partial charge in [-0.05, 0) is 6.07 Å². The van der Waals surface area contributed by atoms with Crippen LogP contribution >= 0.6 is 0 Å². The highest BCUT2D eigenvalue weighted by atomic mass is 16.4. The molecule has 0 radical (unpaired) electrons. The van der Waals surface area contributed by atoms with Gasteiger partial charge in [0.15, 0.2) is 0 Å². The zero-order valence-corrected chi connectivity index (χ0v) is 5.60. The van der Waals surface area contributed by atoms with Gasteiger partial charge in [-0.3, -0.25) is 4.98 Å². The summed E-state index contributed by atoms with van der Waals surface area (Å²) < 4.78 is 0. The normalized spacial score (nSPS) is 8.82. The van der Waals surface area contributed by atoms with E-state index in [2.05, 4.69) is 4.98 Å². The molecule has 0 saturated heterocycles. The van der Waals surface area contributed by atoms with Crippen molar-refractivity contribution < 1.29 is 10.0 Å². The van der Waals surface area contributed by atoms with Crippen molar-refractivity contribution in [2.45, 2.75) is 0 Å². The highest BCUT2D eigenvalue weighted by molar-refractivity contribution is 6.59. The predicted molar refractivity (Wildman–Crippen MR) is 38.8 cm³/mol. The van der Waals surface area contributed by atoms with Crippen LogP contribution in [0.3, 0.4) is 0 Å². The van der Waals surface area contributed by atoms with E-state index in [1.54, 1.807) is 0 Å². The Kier molecular flexibility index (Phi) is 2.21. The summed E-state index contributed by atoms with van der Waals surface area (Å²) in [5.41, 5.74) is 0.366. The molecule has 0 fully saturated rings. The van der Waals surface area contributed by atoms with Gasteiger partial charge in [-0.2, -0.15) is 5.26 Å². The molecular formula is C6H5BN2O2. The van der Waals surface area contributed by atoms with E-state index >= 15 is 0 Å². The van der Waals surface area contributed by atoms with Crippen LogP contribution in [0.4, 0.5) is 0 Å². The molecule has 2 N–H and O–H groups in total. The average molecular weight is 148 g/mol. The first kappa shape index (κ1) is 7.73. The molecular weight excluding hydrogens is 143 g/mol. The average Bonchev–Trinajstić information content (AvgIpc) is 2.04. The number of nitrogens with zero attached hydrogens (tertiary/aromatic N) is 2. The van der Waals surface area contributed by atoms with Gasteiger partial charge in [-0.1, -0.05) is 0 Å². The molecule has 0 atom stereocenters. The molecule has 0 amide bonds. The maximum atomic E-state index is 8.70. The number of rotatable bonds is 1. The van der Waals surface area contributed by atoms with Crippen LogP contribution in [0.25, 0.3) is 0 Å². The summed E-state index contributed by atoms with van der Waals surface area (Å²) in [5.74, 6) is 0. The fourth-order valence-electron chi connectivity index (χ4n) is 0.714. The van der Waals surface area contributed by atoms with Crippen LogP contribution in [0.15, 0.2) is 18.5 Å². The fraction of sp³-hybridized carbons (Fsp3) is 0. The van der Waals surface area contributed by atoms with Gasteiger partial charge in [-0.25, -0.2) is 0 Å². The Labute approximate surface area is 63.9 Å². The molecule has 54 valence electrons. The number of aromatic nitrogens is 1. The van der Waals surface area contributed by atoms with Gasteiger partial charge in [-0.15, -0.1) is 0 Å². The minimum absolute atomic E-state index is 0.134. The third-order valence-electron chi connectivity index (χ3n) is 1.25. The predicted octanol–water partition coefficient (Wildman–Crippen LogP) is -1.37. The molecule has 0 saturated carbocycles. The number of hydrogen-bond acceptors (Lipinski definition) is 4. The second-order valence-electron chi connectivity index (χ2n) is 1.95. The lowest BCUT2D eigenvalue weighted by molar-refractivity contribution is 0.425. The first-order valence-corrected chi connectivity index (χ1v) is 2.96. The van der Waals surface area contributed by atoms with Crippen LogP contribution in [0.5, 0.6) is 0 Å². The van der Waals surface area contributed by atoms with Gasteiger partial charge < -0.3 is 10.0 Å². The van der Waals surface area contributed by atoms with Gasteiger partial charge in [0.1, 0.15) is 0 Å². The van der Waals surface area contributed by atoms with Gasteiger partial charge >= 0.3 is 7.12 Å². The third-order valence-corrected chi connectivity index (χ3v) is 1.25. The molecule has 1 rings (SSSR count). The summed E-state index contributed by atoms with van der Waals surface area (Å²) >= 11 is 0. The molecule has 1 aromatic heterocycles. The Hall–Kier alpha value is -1.38. The maximum Gasteiger partial charge on any atom is 0.491 e. The van der Waals surface area contributed by atoms with E-state index in [9.17, 15) is 0 Å². The summed E-state index contributed by atoms with van der Waals surface area (Å²) in [5, 5.41) is 25.9. The summed E-state index contributed by atoms with van der Waals surface area (Å²) in [6.45, 7) is 0. The smallest absolute Gasteiger partial charge is 0.423 e. The van der Waals surface area contributed by atoms with E-state index in [0.29, 0.717) is 0 Å². The molecule has 5 heteroatoms. The fourth-order valence-corrected chi connectivity index (χ4v) is 0.714. The highest BCUT2D eigenvalue weighted by Gasteiger charge is 2.14. The Morgan fingerprint density at radius 1 is 1.55 bits per heavy atom. The monoisotopic (exact) mass is 148 g/mol. The Morgan fingerprint density at radius 2 is 2.27 bits per heavy atom. The van der Waals surface area contributed by atoms with Crippen LogP contribution in [0, 0.1) is 11.3 Å². The lowest BCUT2D eigenvalue weighted by Crippen LogP contribution is -2.32. The maximum absolute atomic E-state index is 8.70. The standard InChI is InChI=1S/C6H5BN2O2/c8-3-5-1-2-9-4-6(5)7(10)11/h1-2,4,10-11H. The number of pyridine rings is 1. The number of hydrogen-bond donors (Lipinski definition) is 2. The van der Waals surface area contributed by atoms with E-state index in [-0.39, 0.29) is 11.0 Å². The molecule has 4 nitrogen and oxygen atoms in total. The summed E-state index contributed by atoms with van der Waals surface area (Å²) in [4.78, 5) is 3.64. The highest BCUT2D eigenvalue weighted by Crippen LogP contribution is 1.90. The summed E-state index contributed by atoms with van der Waals surface area (Å²) in [6, 6.07) is 3.24. The van der Waals surface area contributed by atoms with Crippen molar-refractivity contribution >= 4 is 12.6 Å².